The lowest BCUT2D eigenvalue weighted by Crippen LogP contribution is -2.49. The van der Waals surface area contributed by atoms with E-state index in [1.165, 1.54) is 0 Å². The van der Waals surface area contributed by atoms with Gasteiger partial charge in [0.2, 0.25) is 5.91 Å². The summed E-state index contributed by atoms with van der Waals surface area (Å²) < 4.78 is 0. The lowest BCUT2D eigenvalue weighted by Gasteiger charge is -2.36. The average molecular weight is 298 g/mol. The number of likely N-dealkylation sites (tertiary alicyclic amines) is 1. The van der Waals surface area contributed by atoms with E-state index in [0.29, 0.717) is 37.8 Å². The first-order valence-electron chi connectivity index (χ1n) is 8.21. The van der Waals surface area contributed by atoms with E-state index in [4.69, 9.17) is 5.73 Å². The van der Waals surface area contributed by atoms with Crippen LogP contribution >= 0.6 is 0 Å². The minimum absolute atomic E-state index is 0.00701. The number of aliphatic carboxylic acids is 1. The number of nitrogens with zero attached hydrogens (tertiary/aromatic N) is 1. The predicted octanol–water partition coefficient (Wildman–Crippen LogP) is 2.24. The topological polar surface area (TPSA) is 83.6 Å². The first-order chi connectivity index (χ1) is 9.99. The lowest BCUT2D eigenvalue weighted by atomic mass is 9.91. The summed E-state index contributed by atoms with van der Waals surface area (Å²) >= 11 is 0. The Kier molecular flexibility index (Phi) is 7.72. The molecule has 0 aromatic carbocycles. The largest absolute Gasteiger partial charge is 0.480 e. The van der Waals surface area contributed by atoms with Gasteiger partial charge in [0.25, 0.3) is 0 Å². The van der Waals surface area contributed by atoms with Crippen LogP contribution < -0.4 is 5.73 Å². The minimum atomic E-state index is -0.873. The molecule has 122 valence electrons. The number of hydrogen-bond acceptors (Lipinski definition) is 3. The van der Waals surface area contributed by atoms with Crippen molar-refractivity contribution >= 4 is 11.9 Å². The van der Waals surface area contributed by atoms with Crippen molar-refractivity contribution in [2.24, 2.45) is 17.6 Å². The van der Waals surface area contributed by atoms with Crippen molar-refractivity contribution in [3.05, 3.63) is 0 Å². The molecule has 0 aromatic rings. The van der Waals surface area contributed by atoms with Crippen LogP contribution in [0.4, 0.5) is 0 Å². The first-order valence-corrected chi connectivity index (χ1v) is 8.21. The molecule has 1 amide bonds. The summed E-state index contributed by atoms with van der Waals surface area (Å²) in [6, 6.07) is -0.639. The van der Waals surface area contributed by atoms with Gasteiger partial charge < -0.3 is 15.7 Å². The highest BCUT2D eigenvalue weighted by Crippen LogP contribution is 2.25. The van der Waals surface area contributed by atoms with Gasteiger partial charge in [0.1, 0.15) is 6.04 Å². The summed E-state index contributed by atoms with van der Waals surface area (Å²) in [6.07, 6.45) is 5.87. The SMILES string of the molecule is CCCC(CCN)CCC(=O)N1CCC(C)CC1C(=O)O. The van der Waals surface area contributed by atoms with Crippen LogP contribution in [0.5, 0.6) is 0 Å². The maximum absolute atomic E-state index is 12.4. The summed E-state index contributed by atoms with van der Waals surface area (Å²) in [5.41, 5.74) is 5.61. The molecule has 1 saturated heterocycles. The van der Waals surface area contributed by atoms with E-state index in [1.54, 1.807) is 4.90 Å². The van der Waals surface area contributed by atoms with Crippen molar-refractivity contribution in [1.29, 1.82) is 0 Å². The van der Waals surface area contributed by atoms with E-state index in [-0.39, 0.29) is 5.91 Å². The Labute approximate surface area is 127 Å². The molecule has 0 aliphatic carbocycles. The zero-order chi connectivity index (χ0) is 15.8. The van der Waals surface area contributed by atoms with Crippen LogP contribution in [-0.4, -0.2) is 41.0 Å². The number of piperidine rings is 1. The van der Waals surface area contributed by atoms with Gasteiger partial charge in [-0.05, 0) is 44.1 Å². The minimum Gasteiger partial charge on any atom is -0.480 e. The van der Waals surface area contributed by atoms with Crippen LogP contribution in [0.2, 0.25) is 0 Å². The third-order valence-electron chi connectivity index (χ3n) is 4.51. The summed E-state index contributed by atoms with van der Waals surface area (Å²) in [4.78, 5) is 25.3. The Morgan fingerprint density at radius 2 is 2.05 bits per heavy atom. The molecule has 1 heterocycles. The van der Waals surface area contributed by atoms with Crippen molar-refractivity contribution in [1.82, 2.24) is 4.90 Å². The molecule has 5 nitrogen and oxygen atoms in total. The van der Waals surface area contributed by atoms with Gasteiger partial charge in [0.05, 0.1) is 0 Å². The van der Waals surface area contributed by atoms with Crippen molar-refractivity contribution in [2.75, 3.05) is 13.1 Å². The Balaban J connectivity index is 2.54. The second kappa shape index (κ2) is 9.03. The zero-order valence-electron chi connectivity index (χ0n) is 13.4. The van der Waals surface area contributed by atoms with Crippen LogP contribution in [0, 0.1) is 11.8 Å². The van der Waals surface area contributed by atoms with Crippen LogP contribution in [0.15, 0.2) is 0 Å². The quantitative estimate of drug-likeness (QED) is 0.720. The van der Waals surface area contributed by atoms with Crippen molar-refractivity contribution in [2.45, 2.75) is 64.8 Å². The molecule has 0 radical (unpaired) electrons. The fourth-order valence-corrected chi connectivity index (χ4v) is 3.22. The molecule has 1 aliphatic heterocycles. The molecule has 0 saturated carbocycles. The number of carbonyl (C=O) groups is 2. The first kappa shape index (κ1) is 18.0. The molecular weight excluding hydrogens is 268 g/mol. The number of amides is 1. The summed E-state index contributed by atoms with van der Waals surface area (Å²) in [5, 5.41) is 9.31. The van der Waals surface area contributed by atoms with E-state index in [1.807, 2.05) is 0 Å². The molecule has 3 atom stereocenters. The van der Waals surface area contributed by atoms with E-state index in [0.717, 1.165) is 32.1 Å². The highest BCUT2D eigenvalue weighted by molar-refractivity contribution is 5.83. The molecule has 1 aliphatic rings. The van der Waals surface area contributed by atoms with Crippen molar-refractivity contribution in [3.63, 3.8) is 0 Å². The van der Waals surface area contributed by atoms with Crippen LogP contribution in [-0.2, 0) is 9.59 Å². The van der Waals surface area contributed by atoms with Crippen LogP contribution in [0.3, 0.4) is 0 Å². The molecule has 0 aromatic heterocycles. The van der Waals surface area contributed by atoms with E-state index in [2.05, 4.69) is 13.8 Å². The van der Waals surface area contributed by atoms with Gasteiger partial charge in [-0.15, -0.1) is 0 Å². The maximum Gasteiger partial charge on any atom is 0.326 e. The third-order valence-corrected chi connectivity index (χ3v) is 4.51. The fourth-order valence-electron chi connectivity index (χ4n) is 3.22. The monoisotopic (exact) mass is 298 g/mol. The number of nitrogens with two attached hydrogens (primary N) is 1. The number of hydrogen-bond donors (Lipinski definition) is 2. The molecule has 0 spiro atoms. The second-order valence-electron chi connectivity index (χ2n) is 6.34. The molecular formula is C16H30N2O3. The Hall–Kier alpha value is -1.10. The number of rotatable bonds is 8. The number of carboxylic acids is 1. The highest BCUT2D eigenvalue weighted by atomic mass is 16.4. The Morgan fingerprint density at radius 3 is 2.62 bits per heavy atom. The standard InChI is InChI=1S/C16H30N2O3/c1-3-4-13(7-9-17)5-6-15(19)18-10-8-12(2)11-14(18)16(20)21/h12-14H,3-11,17H2,1-2H3,(H,20,21). The molecule has 5 heteroatoms. The van der Waals surface area contributed by atoms with Gasteiger partial charge >= 0.3 is 5.97 Å². The van der Waals surface area contributed by atoms with E-state index in [9.17, 15) is 14.7 Å². The molecule has 1 fully saturated rings. The molecule has 3 N–H and O–H groups in total. The van der Waals surface area contributed by atoms with Crippen molar-refractivity contribution < 1.29 is 14.7 Å². The Bertz CT molecular complexity index is 340. The van der Waals surface area contributed by atoms with E-state index < -0.39 is 12.0 Å². The van der Waals surface area contributed by atoms with Gasteiger partial charge in [-0.2, -0.15) is 0 Å². The van der Waals surface area contributed by atoms with Gasteiger partial charge in [0.15, 0.2) is 0 Å². The maximum atomic E-state index is 12.4. The lowest BCUT2D eigenvalue weighted by molar-refractivity contribution is -0.153. The third kappa shape index (κ3) is 5.65. The smallest absolute Gasteiger partial charge is 0.326 e. The molecule has 3 unspecified atom stereocenters. The predicted molar refractivity (Wildman–Crippen MR) is 82.8 cm³/mol. The summed E-state index contributed by atoms with van der Waals surface area (Å²) in [6.45, 7) is 5.41. The fraction of sp³-hybridized carbons (Fsp3) is 0.875. The van der Waals surface area contributed by atoms with Gasteiger partial charge in [-0.1, -0.05) is 26.7 Å². The molecule has 0 bridgehead atoms. The van der Waals surface area contributed by atoms with Crippen LogP contribution in [0.1, 0.15) is 58.8 Å². The molecule has 21 heavy (non-hydrogen) atoms. The average Bonchev–Trinajstić information content (AvgIpc) is 2.44. The zero-order valence-corrected chi connectivity index (χ0v) is 13.4. The van der Waals surface area contributed by atoms with Crippen molar-refractivity contribution in [3.8, 4) is 0 Å². The normalized spacial score (nSPS) is 23.9. The van der Waals surface area contributed by atoms with Crippen LogP contribution in [0.25, 0.3) is 0 Å². The number of carboxylic acid groups (broad SMARTS) is 1. The van der Waals surface area contributed by atoms with Gasteiger partial charge in [-0.25, -0.2) is 4.79 Å². The van der Waals surface area contributed by atoms with Gasteiger partial charge in [0, 0.05) is 13.0 Å². The Morgan fingerprint density at radius 1 is 1.33 bits per heavy atom. The highest BCUT2D eigenvalue weighted by Gasteiger charge is 2.34. The van der Waals surface area contributed by atoms with E-state index >= 15 is 0 Å². The summed E-state index contributed by atoms with van der Waals surface area (Å²) in [5.74, 6) is -0.0226. The number of carbonyl (C=O) groups excluding carboxylic acids is 1. The second-order valence-corrected chi connectivity index (χ2v) is 6.34. The summed E-state index contributed by atoms with van der Waals surface area (Å²) in [7, 11) is 0. The van der Waals surface area contributed by atoms with Gasteiger partial charge in [-0.3, -0.25) is 4.79 Å². The molecule has 1 rings (SSSR count).